The Morgan fingerprint density at radius 3 is 2.56 bits per heavy atom. The van der Waals surface area contributed by atoms with E-state index in [9.17, 15) is 13.2 Å². The minimum Gasteiger partial charge on any atom is -0.480 e. The molecule has 1 aliphatic heterocycles. The van der Waals surface area contributed by atoms with Gasteiger partial charge in [-0.05, 0) is 32.1 Å². The quantitative estimate of drug-likeness (QED) is 0.803. The molecule has 106 valence electrons. The largest absolute Gasteiger partial charge is 0.480 e. The third-order valence-electron chi connectivity index (χ3n) is 3.55. The lowest BCUT2D eigenvalue weighted by Crippen LogP contribution is -2.50. The van der Waals surface area contributed by atoms with Crippen molar-refractivity contribution in [3.05, 3.63) is 0 Å². The van der Waals surface area contributed by atoms with Gasteiger partial charge in [-0.1, -0.05) is 20.3 Å². The molecule has 1 fully saturated rings. The third kappa shape index (κ3) is 3.23. The van der Waals surface area contributed by atoms with Crippen LogP contribution in [0, 0.1) is 0 Å². The number of rotatable bonds is 6. The van der Waals surface area contributed by atoms with Crippen molar-refractivity contribution in [1.29, 1.82) is 0 Å². The molecule has 1 N–H and O–H groups in total. The van der Waals surface area contributed by atoms with Crippen molar-refractivity contribution in [2.45, 2.75) is 63.7 Å². The van der Waals surface area contributed by atoms with Crippen molar-refractivity contribution in [2.24, 2.45) is 0 Å². The Hall–Kier alpha value is -0.620. The lowest BCUT2D eigenvalue weighted by molar-refractivity contribution is -0.142. The molecule has 2 atom stereocenters. The van der Waals surface area contributed by atoms with E-state index in [0.29, 0.717) is 25.8 Å². The summed E-state index contributed by atoms with van der Waals surface area (Å²) in [6.45, 7) is 4.14. The first kappa shape index (κ1) is 15.4. The summed E-state index contributed by atoms with van der Waals surface area (Å²) in [4.78, 5) is 11.2. The maximum Gasteiger partial charge on any atom is 0.322 e. The number of carboxylic acid groups (broad SMARTS) is 1. The van der Waals surface area contributed by atoms with Crippen molar-refractivity contribution in [2.75, 3.05) is 6.54 Å². The molecule has 0 aromatic rings. The van der Waals surface area contributed by atoms with Crippen LogP contribution in [-0.2, 0) is 14.8 Å². The van der Waals surface area contributed by atoms with Crippen LogP contribution in [0.3, 0.4) is 0 Å². The van der Waals surface area contributed by atoms with E-state index in [-0.39, 0.29) is 0 Å². The molecular weight excluding hydrogens is 254 g/mol. The lowest BCUT2D eigenvalue weighted by Gasteiger charge is -2.34. The van der Waals surface area contributed by atoms with Crippen molar-refractivity contribution >= 4 is 16.0 Å². The molecule has 0 aromatic heterocycles. The van der Waals surface area contributed by atoms with Gasteiger partial charge in [-0.2, -0.15) is 4.31 Å². The SMILES string of the molecule is CCCC(CC)S(=O)(=O)N1CCCCC1C(=O)O. The van der Waals surface area contributed by atoms with Crippen LogP contribution in [0.4, 0.5) is 0 Å². The number of sulfonamides is 1. The van der Waals surface area contributed by atoms with Gasteiger partial charge in [0.25, 0.3) is 0 Å². The first-order valence-electron chi connectivity index (χ1n) is 6.68. The maximum atomic E-state index is 12.5. The van der Waals surface area contributed by atoms with Crippen LogP contribution in [-0.4, -0.2) is 41.6 Å². The molecule has 6 heteroatoms. The molecule has 0 aliphatic carbocycles. The van der Waals surface area contributed by atoms with Gasteiger partial charge in [-0.25, -0.2) is 8.42 Å². The third-order valence-corrected chi connectivity index (χ3v) is 6.06. The zero-order valence-electron chi connectivity index (χ0n) is 11.1. The number of carbonyl (C=O) groups is 1. The zero-order chi connectivity index (χ0) is 13.8. The van der Waals surface area contributed by atoms with E-state index in [0.717, 1.165) is 19.3 Å². The standard InChI is InChI=1S/C12H23NO4S/c1-3-7-10(4-2)18(16,17)13-9-6-5-8-11(13)12(14)15/h10-11H,3-9H2,1-2H3,(H,14,15). The molecule has 0 radical (unpaired) electrons. The fourth-order valence-corrected chi connectivity index (χ4v) is 4.81. The Morgan fingerprint density at radius 2 is 2.06 bits per heavy atom. The minimum atomic E-state index is -3.48. The van der Waals surface area contributed by atoms with Crippen molar-refractivity contribution in [3.8, 4) is 0 Å². The van der Waals surface area contributed by atoms with E-state index in [1.165, 1.54) is 4.31 Å². The van der Waals surface area contributed by atoms with Crippen LogP contribution in [0.5, 0.6) is 0 Å². The summed E-state index contributed by atoms with van der Waals surface area (Å²) in [5, 5.41) is 8.71. The fourth-order valence-electron chi connectivity index (χ4n) is 2.53. The van der Waals surface area contributed by atoms with Gasteiger partial charge in [0.2, 0.25) is 10.0 Å². The van der Waals surface area contributed by atoms with E-state index >= 15 is 0 Å². The van der Waals surface area contributed by atoms with Crippen molar-refractivity contribution < 1.29 is 18.3 Å². The Labute approximate surface area is 109 Å². The first-order valence-corrected chi connectivity index (χ1v) is 8.18. The van der Waals surface area contributed by atoms with Crippen LogP contribution >= 0.6 is 0 Å². The highest BCUT2D eigenvalue weighted by molar-refractivity contribution is 7.89. The van der Waals surface area contributed by atoms with E-state index in [2.05, 4.69) is 0 Å². The average Bonchev–Trinajstić information content (AvgIpc) is 2.35. The summed E-state index contributed by atoms with van der Waals surface area (Å²) in [6, 6.07) is -0.866. The number of aliphatic carboxylic acids is 1. The average molecular weight is 277 g/mol. The zero-order valence-corrected chi connectivity index (χ0v) is 11.9. The van der Waals surface area contributed by atoms with Crippen LogP contribution in [0.2, 0.25) is 0 Å². The maximum absolute atomic E-state index is 12.5. The number of piperidine rings is 1. The van der Waals surface area contributed by atoms with Crippen LogP contribution in [0.25, 0.3) is 0 Å². The molecule has 0 spiro atoms. The number of nitrogens with zero attached hydrogens (tertiary/aromatic N) is 1. The van der Waals surface area contributed by atoms with Crippen LogP contribution < -0.4 is 0 Å². The number of hydrogen-bond acceptors (Lipinski definition) is 3. The normalized spacial score (nSPS) is 23.8. The van der Waals surface area contributed by atoms with Gasteiger partial charge in [-0.3, -0.25) is 4.79 Å². The topological polar surface area (TPSA) is 74.7 Å². The van der Waals surface area contributed by atoms with Gasteiger partial charge in [0, 0.05) is 6.54 Å². The van der Waals surface area contributed by atoms with Gasteiger partial charge in [0.15, 0.2) is 0 Å². The Morgan fingerprint density at radius 1 is 1.39 bits per heavy atom. The molecule has 1 saturated heterocycles. The van der Waals surface area contributed by atoms with E-state index in [1.807, 2.05) is 13.8 Å². The Kier molecular flexibility index (Phi) is 5.59. The number of carboxylic acids is 1. The molecule has 18 heavy (non-hydrogen) atoms. The van der Waals surface area contributed by atoms with Gasteiger partial charge in [0.05, 0.1) is 5.25 Å². The van der Waals surface area contributed by atoms with Crippen molar-refractivity contribution in [1.82, 2.24) is 4.31 Å². The van der Waals surface area contributed by atoms with Gasteiger partial charge in [0.1, 0.15) is 6.04 Å². The molecule has 0 bridgehead atoms. The lowest BCUT2D eigenvalue weighted by atomic mass is 10.1. The predicted molar refractivity (Wildman–Crippen MR) is 69.9 cm³/mol. The highest BCUT2D eigenvalue weighted by Gasteiger charge is 2.39. The van der Waals surface area contributed by atoms with Crippen LogP contribution in [0.1, 0.15) is 52.4 Å². The highest BCUT2D eigenvalue weighted by Crippen LogP contribution is 2.26. The van der Waals surface area contributed by atoms with Gasteiger partial charge < -0.3 is 5.11 Å². The second-order valence-electron chi connectivity index (χ2n) is 4.82. The van der Waals surface area contributed by atoms with E-state index < -0.39 is 27.3 Å². The molecule has 0 saturated carbocycles. The first-order chi connectivity index (χ1) is 8.45. The van der Waals surface area contributed by atoms with Crippen LogP contribution in [0.15, 0.2) is 0 Å². The summed E-state index contributed by atoms with van der Waals surface area (Å²) in [5.74, 6) is -1.02. The smallest absolute Gasteiger partial charge is 0.322 e. The monoisotopic (exact) mass is 277 g/mol. The van der Waals surface area contributed by atoms with Gasteiger partial charge in [-0.15, -0.1) is 0 Å². The summed E-state index contributed by atoms with van der Waals surface area (Å²) >= 11 is 0. The summed E-state index contributed by atoms with van der Waals surface area (Å²) in [6.07, 6.45) is 3.90. The molecule has 1 aliphatic rings. The second kappa shape index (κ2) is 6.52. The molecule has 1 rings (SSSR count). The van der Waals surface area contributed by atoms with E-state index in [1.54, 1.807) is 0 Å². The molecule has 0 aromatic carbocycles. The summed E-state index contributed by atoms with van der Waals surface area (Å²) in [7, 11) is -3.48. The second-order valence-corrected chi connectivity index (χ2v) is 6.99. The Balaban J connectivity index is 2.96. The summed E-state index contributed by atoms with van der Waals surface area (Å²) < 4.78 is 26.2. The fraction of sp³-hybridized carbons (Fsp3) is 0.917. The molecule has 5 nitrogen and oxygen atoms in total. The molecular formula is C12H23NO4S. The predicted octanol–water partition coefficient (Wildman–Crippen LogP) is 1.83. The minimum absolute atomic E-state index is 0.347. The highest BCUT2D eigenvalue weighted by atomic mass is 32.2. The molecule has 0 amide bonds. The summed E-state index contributed by atoms with van der Waals surface area (Å²) in [5.41, 5.74) is 0. The number of hydrogen-bond donors (Lipinski definition) is 1. The molecule has 2 unspecified atom stereocenters. The van der Waals surface area contributed by atoms with Gasteiger partial charge >= 0.3 is 5.97 Å². The Bertz CT molecular complexity index is 380. The van der Waals surface area contributed by atoms with E-state index in [4.69, 9.17) is 5.11 Å². The molecule has 1 heterocycles. The van der Waals surface area contributed by atoms with Crippen molar-refractivity contribution in [3.63, 3.8) is 0 Å².